The van der Waals surface area contributed by atoms with Gasteiger partial charge in [-0.25, -0.2) is 9.37 Å². The van der Waals surface area contributed by atoms with Crippen LogP contribution in [0, 0.1) is 5.82 Å². The summed E-state index contributed by atoms with van der Waals surface area (Å²) in [5, 5.41) is -0.0130. The van der Waals surface area contributed by atoms with Crippen molar-refractivity contribution in [1.29, 1.82) is 0 Å². The van der Waals surface area contributed by atoms with E-state index < -0.39 is 5.82 Å². The van der Waals surface area contributed by atoms with Gasteiger partial charge in [-0.3, -0.25) is 0 Å². The first kappa shape index (κ1) is 10.9. The first-order valence-electron chi connectivity index (χ1n) is 5.03. The van der Waals surface area contributed by atoms with E-state index in [1.165, 1.54) is 18.5 Å². The fraction of sp³-hybridized carbons (Fsp3) is 0. The maximum Gasteiger partial charge on any atom is 0.250 e. The highest BCUT2D eigenvalue weighted by Crippen LogP contribution is 2.27. The number of nitrogens with zero attached hydrogens (tertiary/aromatic N) is 3. The number of rotatable bonds is 2. The summed E-state index contributed by atoms with van der Waals surface area (Å²) in [5.74, 6) is -0.296. The molecule has 1 aromatic carbocycles. The minimum absolute atomic E-state index is 0.0130. The van der Waals surface area contributed by atoms with Crippen LogP contribution in [0.1, 0.15) is 0 Å². The SMILES string of the molecule is Fc1ccccc1Oc1nc(Cl)nc2nc[nH]c12. The van der Waals surface area contributed by atoms with Gasteiger partial charge in [0.2, 0.25) is 11.2 Å². The van der Waals surface area contributed by atoms with E-state index >= 15 is 0 Å². The summed E-state index contributed by atoms with van der Waals surface area (Å²) in [7, 11) is 0. The molecule has 0 saturated carbocycles. The third kappa shape index (κ3) is 1.86. The molecule has 0 spiro atoms. The predicted molar refractivity (Wildman–Crippen MR) is 63.2 cm³/mol. The smallest absolute Gasteiger partial charge is 0.250 e. The molecule has 0 radical (unpaired) electrons. The van der Waals surface area contributed by atoms with Crippen molar-refractivity contribution < 1.29 is 9.13 Å². The van der Waals surface area contributed by atoms with Gasteiger partial charge in [-0.2, -0.15) is 9.97 Å². The minimum Gasteiger partial charge on any atom is -0.434 e. The molecule has 0 atom stereocenters. The Morgan fingerprint density at radius 1 is 1.22 bits per heavy atom. The van der Waals surface area contributed by atoms with Gasteiger partial charge in [0.25, 0.3) is 0 Å². The lowest BCUT2D eigenvalue weighted by molar-refractivity contribution is 0.431. The summed E-state index contributed by atoms with van der Waals surface area (Å²) in [4.78, 5) is 14.6. The van der Waals surface area contributed by atoms with E-state index in [0.29, 0.717) is 11.2 Å². The number of imidazole rings is 1. The Balaban J connectivity index is 2.10. The average molecular weight is 265 g/mol. The van der Waals surface area contributed by atoms with Gasteiger partial charge in [-0.05, 0) is 23.7 Å². The molecular formula is C11H6ClFN4O. The molecule has 0 bridgehead atoms. The van der Waals surface area contributed by atoms with Crippen molar-refractivity contribution in [1.82, 2.24) is 19.9 Å². The monoisotopic (exact) mass is 264 g/mol. The summed E-state index contributed by atoms with van der Waals surface area (Å²) in [6, 6.07) is 6.02. The van der Waals surface area contributed by atoms with Crippen molar-refractivity contribution in [2.45, 2.75) is 0 Å². The lowest BCUT2D eigenvalue weighted by Gasteiger charge is -2.06. The van der Waals surface area contributed by atoms with Crippen molar-refractivity contribution in [2.75, 3.05) is 0 Å². The van der Waals surface area contributed by atoms with Crippen LogP contribution >= 0.6 is 11.6 Å². The second-order valence-corrected chi connectivity index (χ2v) is 3.77. The molecule has 0 aliphatic carbocycles. The Morgan fingerprint density at radius 3 is 2.89 bits per heavy atom. The van der Waals surface area contributed by atoms with Gasteiger partial charge >= 0.3 is 0 Å². The third-order valence-corrected chi connectivity index (χ3v) is 2.44. The van der Waals surface area contributed by atoms with Crippen molar-refractivity contribution in [2.24, 2.45) is 0 Å². The van der Waals surface area contributed by atoms with E-state index in [-0.39, 0.29) is 16.9 Å². The number of H-pyrrole nitrogens is 1. The van der Waals surface area contributed by atoms with E-state index in [2.05, 4.69) is 19.9 Å². The molecule has 7 heteroatoms. The van der Waals surface area contributed by atoms with Gasteiger partial charge in [0.05, 0.1) is 6.33 Å². The normalized spacial score (nSPS) is 10.8. The summed E-state index contributed by atoms with van der Waals surface area (Å²) >= 11 is 5.74. The van der Waals surface area contributed by atoms with Crippen LogP contribution in [-0.4, -0.2) is 19.9 Å². The van der Waals surface area contributed by atoms with Crippen molar-refractivity contribution in [3.8, 4) is 11.6 Å². The molecule has 0 aliphatic heterocycles. The molecule has 5 nitrogen and oxygen atoms in total. The molecule has 18 heavy (non-hydrogen) atoms. The van der Waals surface area contributed by atoms with E-state index in [0.717, 1.165) is 0 Å². The number of benzene rings is 1. The number of fused-ring (bicyclic) bond motifs is 1. The van der Waals surface area contributed by atoms with Crippen molar-refractivity contribution in [3.63, 3.8) is 0 Å². The number of para-hydroxylation sites is 1. The number of aromatic amines is 1. The zero-order valence-electron chi connectivity index (χ0n) is 8.89. The fourth-order valence-electron chi connectivity index (χ4n) is 1.49. The number of nitrogens with one attached hydrogen (secondary N) is 1. The highest BCUT2D eigenvalue weighted by Gasteiger charge is 2.12. The Labute approximate surface area is 106 Å². The first-order chi connectivity index (χ1) is 8.74. The third-order valence-electron chi connectivity index (χ3n) is 2.27. The molecule has 3 rings (SSSR count). The highest BCUT2D eigenvalue weighted by molar-refractivity contribution is 6.28. The fourth-order valence-corrected chi connectivity index (χ4v) is 1.64. The van der Waals surface area contributed by atoms with Crippen LogP contribution in [0.4, 0.5) is 4.39 Å². The Kier molecular flexibility index (Phi) is 2.56. The number of ether oxygens (including phenoxy) is 1. The van der Waals surface area contributed by atoms with Crippen LogP contribution < -0.4 is 4.74 Å². The zero-order chi connectivity index (χ0) is 12.5. The molecular weight excluding hydrogens is 259 g/mol. The molecule has 90 valence electrons. The number of aromatic nitrogens is 4. The lowest BCUT2D eigenvalue weighted by atomic mass is 10.3. The zero-order valence-corrected chi connectivity index (χ0v) is 9.65. The van der Waals surface area contributed by atoms with Gasteiger partial charge in [0.15, 0.2) is 17.2 Å². The number of hydrogen-bond acceptors (Lipinski definition) is 4. The molecule has 2 heterocycles. The summed E-state index contributed by atoms with van der Waals surface area (Å²) in [5.41, 5.74) is 0.823. The van der Waals surface area contributed by atoms with Crippen molar-refractivity contribution >= 4 is 22.8 Å². The molecule has 3 aromatic rings. The van der Waals surface area contributed by atoms with Crippen LogP contribution in [0.15, 0.2) is 30.6 Å². The molecule has 0 aliphatic rings. The Morgan fingerprint density at radius 2 is 2.06 bits per heavy atom. The standard InChI is InChI=1S/C11H6ClFN4O/c12-11-16-9-8(14-5-15-9)10(17-11)18-7-4-2-1-3-6(7)13/h1-5H,(H,14,15,16,17). The number of halogens is 2. The minimum atomic E-state index is -0.486. The maximum atomic E-state index is 13.5. The van der Waals surface area contributed by atoms with Crippen molar-refractivity contribution in [3.05, 3.63) is 41.7 Å². The van der Waals surface area contributed by atoms with Gasteiger partial charge < -0.3 is 9.72 Å². The van der Waals surface area contributed by atoms with Crippen LogP contribution in [0.25, 0.3) is 11.2 Å². The second-order valence-electron chi connectivity index (χ2n) is 3.43. The molecule has 0 fully saturated rings. The highest BCUT2D eigenvalue weighted by atomic mass is 35.5. The Bertz CT molecular complexity index is 715. The van der Waals surface area contributed by atoms with E-state index in [9.17, 15) is 4.39 Å². The second kappa shape index (κ2) is 4.23. The van der Waals surface area contributed by atoms with Crippen LogP contribution in [0.3, 0.4) is 0 Å². The first-order valence-corrected chi connectivity index (χ1v) is 5.41. The van der Waals surface area contributed by atoms with Gasteiger partial charge in [-0.1, -0.05) is 12.1 Å². The van der Waals surface area contributed by atoms with Gasteiger partial charge in [-0.15, -0.1) is 0 Å². The molecule has 0 amide bonds. The largest absolute Gasteiger partial charge is 0.434 e. The van der Waals surface area contributed by atoms with E-state index in [1.807, 2.05) is 0 Å². The average Bonchev–Trinajstić information content (AvgIpc) is 2.80. The van der Waals surface area contributed by atoms with E-state index in [4.69, 9.17) is 16.3 Å². The molecule has 2 aromatic heterocycles. The van der Waals surface area contributed by atoms with Gasteiger partial charge in [0, 0.05) is 0 Å². The van der Waals surface area contributed by atoms with Crippen LogP contribution in [0.2, 0.25) is 5.28 Å². The quantitative estimate of drug-likeness (QED) is 0.723. The summed E-state index contributed by atoms with van der Waals surface area (Å²) < 4.78 is 18.9. The molecule has 1 N–H and O–H groups in total. The molecule has 0 unspecified atom stereocenters. The Hall–Kier alpha value is -2.21. The van der Waals surface area contributed by atoms with E-state index in [1.54, 1.807) is 12.1 Å². The summed E-state index contributed by atoms with van der Waals surface area (Å²) in [6.45, 7) is 0. The summed E-state index contributed by atoms with van der Waals surface area (Å²) in [6.07, 6.45) is 1.43. The number of hydrogen-bond donors (Lipinski definition) is 1. The maximum absolute atomic E-state index is 13.5. The van der Waals surface area contributed by atoms with Gasteiger partial charge in [0.1, 0.15) is 5.52 Å². The van der Waals surface area contributed by atoms with Crippen LogP contribution in [0.5, 0.6) is 11.6 Å². The lowest BCUT2D eigenvalue weighted by Crippen LogP contribution is -1.94. The van der Waals surface area contributed by atoms with Crippen LogP contribution in [-0.2, 0) is 0 Å². The molecule has 0 saturated heterocycles. The predicted octanol–water partition coefficient (Wildman–Crippen LogP) is 2.94. The topological polar surface area (TPSA) is 63.7 Å².